The van der Waals surface area contributed by atoms with Gasteiger partial charge in [-0.1, -0.05) is 23.8 Å². The van der Waals surface area contributed by atoms with Gasteiger partial charge in [-0.2, -0.15) is 0 Å². The number of rotatable bonds is 4. The fourth-order valence-corrected chi connectivity index (χ4v) is 3.74. The number of piperidine rings is 1. The second kappa shape index (κ2) is 7.14. The predicted octanol–water partition coefficient (Wildman–Crippen LogP) is 4.38. The zero-order valence-electron chi connectivity index (χ0n) is 13.4. The van der Waals surface area contributed by atoms with Crippen molar-refractivity contribution in [2.24, 2.45) is 0 Å². The molecule has 3 nitrogen and oxygen atoms in total. The molecule has 1 aromatic heterocycles. The molecule has 0 saturated carbocycles. The summed E-state index contributed by atoms with van der Waals surface area (Å²) in [5.74, 6) is 2.04. The van der Waals surface area contributed by atoms with E-state index in [9.17, 15) is 0 Å². The van der Waals surface area contributed by atoms with Crippen molar-refractivity contribution in [1.29, 1.82) is 0 Å². The van der Waals surface area contributed by atoms with E-state index in [4.69, 9.17) is 0 Å². The lowest BCUT2D eigenvalue weighted by Crippen LogP contribution is -2.30. The van der Waals surface area contributed by atoms with E-state index in [1.165, 1.54) is 36.0 Å². The van der Waals surface area contributed by atoms with Gasteiger partial charge in [-0.15, -0.1) is 11.8 Å². The maximum Gasteiger partial charge on any atom is 0.133 e. The summed E-state index contributed by atoms with van der Waals surface area (Å²) < 4.78 is 0. The zero-order chi connectivity index (χ0) is 15.4. The molecule has 3 rings (SSSR count). The van der Waals surface area contributed by atoms with E-state index < -0.39 is 0 Å². The quantitative estimate of drug-likeness (QED) is 0.619. The van der Waals surface area contributed by atoms with Crippen LogP contribution in [-0.2, 0) is 5.75 Å². The van der Waals surface area contributed by atoms with E-state index in [1.54, 1.807) is 18.1 Å². The molecule has 22 heavy (non-hydrogen) atoms. The molecule has 0 amide bonds. The van der Waals surface area contributed by atoms with Crippen LogP contribution >= 0.6 is 11.8 Å². The average Bonchev–Trinajstić information content (AvgIpc) is 2.57. The third-order valence-corrected chi connectivity index (χ3v) is 5.16. The van der Waals surface area contributed by atoms with Crippen LogP contribution in [0.2, 0.25) is 0 Å². The van der Waals surface area contributed by atoms with Gasteiger partial charge in [0.05, 0.1) is 0 Å². The van der Waals surface area contributed by atoms with Gasteiger partial charge in [0.1, 0.15) is 17.2 Å². The van der Waals surface area contributed by atoms with Crippen molar-refractivity contribution < 1.29 is 0 Å². The van der Waals surface area contributed by atoms with Crippen LogP contribution in [0, 0.1) is 13.8 Å². The minimum atomic E-state index is 0.962. The Morgan fingerprint density at radius 2 is 1.86 bits per heavy atom. The van der Waals surface area contributed by atoms with Crippen LogP contribution in [0.25, 0.3) is 0 Å². The summed E-state index contributed by atoms with van der Waals surface area (Å²) in [6.07, 6.45) is 5.59. The molecule has 1 fully saturated rings. The first-order valence-corrected chi connectivity index (χ1v) is 8.97. The smallest absolute Gasteiger partial charge is 0.133 e. The van der Waals surface area contributed by atoms with E-state index in [0.717, 1.165) is 29.7 Å². The van der Waals surface area contributed by atoms with Crippen LogP contribution in [0.5, 0.6) is 0 Å². The van der Waals surface area contributed by atoms with Gasteiger partial charge in [-0.25, -0.2) is 9.97 Å². The van der Waals surface area contributed by atoms with Crippen molar-refractivity contribution in [2.75, 3.05) is 18.0 Å². The summed E-state index contributed by atoms with van der Waals surface area (Å²) >= 11 is 1.80. The van der Waals surface area contributed by atoms with Gasteiger partial charge >= 0.3 is 0 Å². The lowest BCUT2D eigenvalue weighted by molar-refractivity contribution is 0.572. The number of aryl methyl sites for hydroxylation is 2. The Balaban J connectivity index is 1.68. The second-order valence-electron chi connectivity index (χ2n) is 5.98. The molecular weight excluding hydrogens is 290 g/mol. The number of hydrogen-bond acceptors (Lipinski definition) is 4. The Labute approximate surface area is 137 Å². The van der Waals surface area contributed by atoms with Gasteiger partial charge in [0.25, 0.3) is 0 Å². The van der Waals surface area contributed by atoms with E-state index >= 15 is 0 Å². The molecule has 0 spiro atoms. The highest BCUT2D eigenvalue weighted by Gasteiger charge is 2.13. The Morgan fingerprint density at radius 3 is 2.68 bits per heavy atom. The van der Waals surface area contributed by atoms with Crippen molar-refractivity contribution in [3.8, 4) is 0 Å². The molecule has 116 valence electrons. The number of benzene rings is 1. The first-order valence-electron chi connectivity index (χ1n) is 7.98. The SMILES string of the molecule is Cc1ccc(C)c(CSc2cc(N3CCCCC3)ncn2)c1. The lowest BCUT2D eigenvalue weighted by atomic mass is 10.1. The molecule has 2 aromatic rings. The number of anilines is 1. The van der Waals surface area contributed by atoms with Crippen LogP contribution in [0.4, 0.5) is 5.82 Å². The fourth-order valence-electron chi connectivity index (χ4n) is 2.81. The van der Waals surface area contributed by atoms with Gasteiger partial charge < -0.3 is 4.90 Å². The second-order valence-corrected chi connectivity index (χ2v) is 6.98. The van der Waals surface area contributed by atoms with E-state index in [1.807, 2.05) is 0 Å². The summed E-state index contributed by atoms with van der Waals surface area (Å²) in [4.78, 5) is 11.3. The molecule has 1 saturated heterocycles. The molecule has 0 aliphatic carbocycles. The van der Waals surface area contributed by atoms with Gasteiger partial charge in [-0.3, -0.25) is 0 Å². The van der Waals surface area contributed by atoms with Gasteiger partial charge in [0.2, 0.25) is 0 Å². The van der Waals surface area contributed by atoms with Crippen LogP contribution < -0.4 is 4.90 Å². The Kier molecular flexibility index (Phi) is 4.98. The predicted molar refractivity (Wildman–Crippen MR) is 93.6 cm³/mol. The number of aromatic nitrogens is 2. The van der Waals surface area contributed by atoms with Crippen LogP contribution in [0.1, 0.15) is 36.0 Å². The molecule has 0 N–H and O–H groups in total. The molecule has 1 aromatic carbocycles. The Hall–Kier alpha value is -1.55. The van der Waals surface area contributed by atoms with Crippen molar-refractivity contribution >= 4 is 17.6 Å². The number of thioether (sulfide) groups is 1. The molecule has 0 bridgehead atoms. The van der Waals surface area contributed by atoms with Gasteiger partial charge in [0, 0.05) is 24.9 Å². The van der Waals surface area contributed by atoms with Crippen molar-refractivity contribution in [1.82, 2.24) is 9.97 Å². The number of nitrogens with zero attached hydrogens (tertiary/aromatic N) is 3. The van der Waals surface area contributed by atoms with Crippen LogP contribution in [0.3, 0.4) is 0 Å². The number of hydrogen-bond donors (Lipinski definition) is 0. The minimum absolute atomic E-state index is 0.962. The molecule has 2 heterocycles. The average molecular weight is 313 g/mol. The van der Waals surface area contributed by atoms with Gasteiger partial charge in [-0.05, 0) is 44.2 Å². The fraction of sp³-hybridized carbons (Fsp3) is 0.444. The van der Waals surface area contributed by atoms with Gasteiger partial charge in [0.15, 0.2) is 0 Å². The maximum absolute atomic E-state index is 4.45. The van der Waals surface area contributed by atoms with E-state index in [-0.39, 0.29) is 0 Å². The van der Waals surface area contributed by atoms with Crippen LogP contribution in [-0.4, -0.2) is 23.1 Å². The maximum atomic E-state index is 4.45. The molecule has 0 atom stereocenters. The normalized spacial score (nSPS) is 15.1. The largest absolute Gasteiger partial charge is 0.356 e. The molecule has 0 unspecified atom stereocenters. The molecule has 1 aliphatic rings. The summed E-state index contributed by atoms with van der Waals surface area (Å²) in [6, 6.07) is 8.78. The first kappa shape index (κ1) is 15.3. The monoisotopic (exact) mass is 313 g/mol. The molecule has 0 radical (unpaired) electrons. The zero-order valence-corrected chi connectivity index (χ0v) is 14.2. The van der Waals surface area contributed by atoms with Crippen LogP contribution in [0.15, 0.2) is 35.6 Å². The third kappa shape index (κ3) is 3.80. The van der Waals surface area contributed by atoms with Crippen molar-refractivity contribution in [3.63, 3.8) is 0 Å². The molecular formula is C18H23N3S. The van der Waals surface area contributed by atoms with Crippen molar-refractivity contribution in [3.05, 3.63) is 47.3 Å². The summed E-state index contributed by atoms with van der Waals surface area (Å²) in [6.45, 7) is 6.57. The Morgan fingerprint density at radius 1 is 1.05 bits per heavy atom. The molecule has 4 heteroatoms. The lowest BCUT2D eigenvalue weighted by Gasteiger charge is -2.27. The molecule has 1 aliphatic heterocycles. The summed E-state index contributed by atoms with van der Waals surface area (Å²) in [7, 11) is 0. The summed E-state index contributed by atoms with van der Waals surface area (Å²) in [5, 5.41) is 1.07. The highest BCUT2D eigenvalue weighted by Crippen LogP contribution is 2.26. The third-order valence-electron chi connectivity index (χ3n) is 4.19. The summed E-state index contributed by atoms with van der Waals surface area (Å²) in [5.41, 5.74) is 4.06. The highest BCUT2D eigenvalue weighted by atomic mass is 32.2. The Bertz CT molecular complexity index is 636. The topological polar surface area (TPSA) is 29.0 Å². The minimum Gasteiger partial charge on any atom is -0.356 e. The first-order chi connectivity index (χ1) is 10.7. The highest BCUT2D eigenvalue weighted by molar-refractivity contribution is 7.98. The van der Waals surface area contributed by atoms with E-state index in [2.05, 4.69) is 53.0 Å². The van der Waals surface area contributed by atoms with Crippen molar-refractivity contribution in [2.45, 2.75) is 43.9 Å². The van der Waals surface area contributed by atoms with E-state index in [0.29, 0.717) is 0 Å². The standard InChI is InChI=1S/C18H23N3S/c1-14-6-7-15(2)16(10-14)12-22-18-11-17(19-13-20-18)21-8-4-3-5-9-21/h6-7,10-11,13H,3-5,8-9,12H2,1-2H3.